The number of unbranched alkanes of at least 4 members (excludes halogenated alkanes) is 10. The van der Waals surface area contributed by atoms with Crippen LogP contribution in [-0.2, 0) is 4.74 Å². The number of alkyl halides is 3. The van der Waals surface area contributed by atoms with Crippen molar-refractivity contribution in [3.05, 3.63) is 59.7 Å². The van der Waals surface area contributed by atoms with E-state index >= 15 is 0 Å². The molecule has 0 aromatic heterocycles. The van der Waals surface area contributed by atoms with Gasteiger partial charge in [-0.2, -0.15) is 13.2 Å². The first kappa shape index (κ1) is 31.7. The lowest BCUT2D eigenvalue weighted by atomic mass is 10.1. The molecule has 0 saturated carbocycles. The van der Waals surface area contributed by atoms with Crippen molar-refractivity contribution in [3.63, 3.8) is 0 Å². The highest BCUT2D eigenvalue weighted by Crippen LogP contribution is 2.36. The minimum atomic E-state index is -4.53. The van der Waals surface area contributed by atoms with Crippen molar-refractivity contribution in [2.75, 3.05) is 13.2 Å². The van der Waals surface area contributed by atoms with Gasteiger partial charge in [0.1, 0.15) is 11.5 Å². The molecule has 0 amide bonds. The average molecular weight is 537 g/mol. The predicted molar refractivity (Wildman–Crippen MR) is 145 cm³/mol. The molecule has 7 heteroatoms. The first-order chi connectivity index (χ1) is 18.3. The van der Waals surface area contributed by atoms with Gasteiger partial charge in [0.25, 0.3) is 0 Å². The van der Waals surface area contributed by atoms with Crippen LogP contribution in [0, 0.1) is 0 Å². The molecule has 2 rings (SSSR count). The minimum absolute atomic E-state index is 0.0224. The molecule has 0 aliphatic carbocycles. The Kier molecular flexibility index (Phi) is 14.9. The van der Waals surface area contributed by atoms with Crippen LogP contribution in [0.15, 0.2) is 48.5 Å². The van der Waals surface area contributed by atoms with E-state index in [1.807, 2.05) is 6.92 Å². The Bertz CT molecular complexity index is 895. The third kappa shape index (κ3) is 12.3. The molecule has 0 radical (unpaired) electrons. The van der Waals surface area contributed by atoms with Gasteiger partial charge >= 0.3 is 12.1 Å². The quantitative estimate of drug-likeness (QED) is 0.102. The molecule has 2 aromatic carbocycles. The number of carbonyl (C=O) groups excluding carboxylic acids is 1. The molecular weight excluding hydrogens is 493 g/mol. The molecule has 0 fully saturated rings. The number of rotatable bonds is 19. The Hall–Kier alpha value is -2.54. The zero-order valence-electron chi connectivity index (χ0n) is 22.9. The van der Waals surface area contributed by atoms with Crippen molar-refractivity contribution in [1.29, 1.82) is 0 Å². The van der Waals surface area contributed by atoms with Crippen molar-refractivity contribution in [1.82, 2.24) is 0 Å². The molecule has 0 aliphatic rings. The molecule has 2 aromatic rings. The van der Waals surface area contributed by atoms with Crippen LogP contribution in [-0.4, -0.2) is 25.4 Å². The molecule has 0 aliphatic heterocycles. The number of carbonyl (C=O) groups is 1. The highest BCUT2D eigenvalue weighted by Gasteiger charge is 2.41. The number of ether oxygens (including phenoxy) is 3. The summed E-state index contributed by atoms with van der Waals surface area (Å²) in [5.41, 5.74) is 0.308. The average Bonchev–Trinajstić information content (AvgIpc) is 2.90. The van der Waals surface area contributed by atoms with Crippen molar-refractivity contribution in [2.24, 2.45) is 0 Å². The van der Waals surface area contributed by atoms with E-state index in [9.17, 15) is 18.0 Å². The zero-order chi connectivity index (χ0) is 27.6. The maximum absolute atomic E-state index is 13.5. The van der Waals surface area contributed by atoms with Crippen LogP contribution in [0.1, 0.15) is 113 Å². The van der Waals surface area contributed by atoms with Crippen LogP contribution in [0.25, 0.3) is 0 Å². The lowest BCUT2D eigenvalue weighted by Gasteiger charge is -2.21. The highest BCUT2D eigenvalue weighted by molar-refractivity contribution is 5.91. The number of halogens is 3. The fourth-order valence-electron chi connectivity index (χ4n) is 4.10. The summed E-state index contributed by atoms with van der Waals surface area (Å²) in [5, 5.41) is 0. The van der Waals surface area contributed by atoms with Gasteiger partial charge in [-0.15, -0.1) is 0 Å². The van der Waals surface area contributed by atoms with Crippen LogP contribution in [0.4, 0.5) is 13.2 Å². The largest absolute Gasteiger partial charge is 0.494 e. The molecule has 38 heavy (non-hydrogen) atoms. The summed E-state index contributed by atoms with van der Waals surface area (Å²) in [6.45, 7) is 4.93. The third-order valence-corrected chi connectivity index (χ3v) is 6.33. The van der Waals surface area contributed by atoms with Gasteiger partial charge in [0.05, 0.1) is 12.2 Å². The third-order valence-electron chi connectivity index (χ3n) is 6.33. The summed E-state index contributed by atoms with van der Waals surface area (Å²) in [5.74, 6) is 0.256. The van der Waals surface area contributed by atoms with Crippen molar-refractivity contribution in [2.45, 2.75) is 103 Å². The second-order valence-corrected chi connectivity index (χ2v) is 9.66. The monoisotopic (exact) mass is 536 g/mol. The lowest BCUT2D eigenvalue weighted by molar-refractivity contribution is -0.224. The highest BCUT2D eigenvalue weighted by atomic mass is 19.4. The molecular formula is C31H43F3O4. The van der Waals surface area contributed by atoms with Gasteiger partial charge in [0, 0.05) is 6.61 Å². The van der Waals surface area contributed by atoms with Crippen LogP contribution in [0.3, 0.4) is 0 Å². The van der Waals surface area contributed by atoms with Crippen LogP contribution >= 0.6 is 0 Å². The predicted octanol–water partition coefficient (Wildman–Crippen LogP) is 9.63. The van der Waals surface area contributed by atoms with Gasteiger partial charge in [-0.1, -0.05) is 90.2 Å². The second kappa shape index (κ2) is 17.9. The SMILES string of the molecule is CCCCCCCCCCOc1ccc(C(=O)Oc2ccc(C(OCCCCCC)C(F)(F)F)cc2)cc1. The molecule has 0 saturated heterocycles. The van der Waals surface area contributed by atoms with E-state index in [1.165, 1.54) is 62.8 Å². The fourth-order valence-corrected chi connectivity index (χ4v) is 4.10. The molecule has 0 N–H and O–H groups in total. The summed E-state index contributed by atoms with van der Waals surface area (Å²) >= 11 is 0. The normalized spacial score (nSPS) is 12.3. The van der Waals surface area contributed by atoms with E-state index in [0.29, 0.717) is 24.3 Å². The Morgan fingerprint density at radius 3 is 1.76 bits per heavy atom. The first-order valence-electron chi connectivity index (χ1n) is 14.1. The number of hydrogen-bond acceptors (Lipinski definition) is 4. The van der Waals surface area contributed by atoms with E-state index in [1.54, 1.807) is 24.3 Å². The van der Waals surface area contributed by atoms with E-state index in [0.717, 1.165) is 32.1 Å². The summed E-state index contributed by atoms with van der Waals surface area (Å²) in [4.78, 5) is 12.5. The van der Waals surface area contributed by atoms with E-state index in [-0.39, 0.29) is 17.9 Å². The van der Waals surface area contributed by atoms with Gasteiger partial charge in [-0.05, 0) is 54.8 Å². The number of benzene rings is 2. The fraction of sp³-hybridized carbons (Fsp3) is 0.581. The van der Waals surface area contributed by atoms with Gasteiger partial charge in [0.2, 0.25) is 0 Å². The van der Waals surface area contributed by atoms with E-state index in [2.05, 4.69) is 6.92 Å². The Labute approximate surface area is 225 Å². The number of esters is 1. The number of hydrogen-bond donors (Lipinski definition) is 0. The van der Waals surface area contributed by atoms with E-state index < -0.39 is 18.2 Å². The molecule has 0 heterocycles. The van der Waals surface area contributed by atoms with Gasteiger partial charge < -0.3 is 14.2 Å². The second-order valence-electron chi connectivity index (χ2n) is 9.66. The van der Waals surface area contributed by atoms with Gasteiger partial charge in [-0.3, -0.25) is 0 Å². The standard InChI is InChI=1S/C31H43F3O4/c1-3-5-7-9-10-11-12-14-23-36-27-19-17-26(18-20-27)30(35)38-28-21-15-25(16-22-28)29(31(32,33)34)37-24-13-8-6-4-2/h15-22,29H,3-14,23-24H2,1-2H3. The summed E-state index contributed by atoms with van der Waals surface area (Å²) in [7, 11) is 0. The van der Waals surface area contributed by atoms with Crippen molar-refractivity contribution < 1.29 is 32.2 Å². The molecule has 212 valence electrons. The molecule has 1 atom stereocenters. The lowest BCUT2D eigenvalue weighted by Crippen LogP contribution is -2.24. The summed E-state index contributed by atoms with van der Waals surface area (Å²) < 4.78 is 56.8. The van der Waals surface area contributed by atoms with Crippen LogP contribution in [0.2, 0.25) is 0 Å². The summed E-state index contributed by atoms with van der Waals surface area (Å²) in [6, 6.07) is 12.0. The molecule has 0 bridgehead atoms. The van der Waals surface area contributed by atoms with Crippen LogP contribution in [0.5, 0.6) is 11.5 Å². The maximum Gasteiger partial charge on any atom is 0.418 e. The smallest absolute Gasteiger partial charge is 0.418 e. The Balaban J connectivity index is 1.78. The maximum atomic E-state index is 13.5. The first-order valence-corrected chi connectivity index (χ1v) is 14.1. The summed E-state index contributed by atoms with van der Waals surface area (Å²) in [6.07, 6.45) is 6.69. The molecule has 1 unspecified atom stereocenters. The minimum Gasteiger partial charge on any atom is -0.494 e. The van der Waals surface area contributed by atoms with Gasteiger partial charge in [0.15, 0.2) is 6.10 Å². The van der Waals surface area contributed by atoms with Crippen LogP contribution < -0.4 is 9.47 Å². The molecule has 4 nitrogen and oxygen atoms in total. The Morgan fingerprint density at radius 2 is 1.18 bits per heavy atom. The van der Waals surface area contributed by atoms with Crippen molar-refractivity contribution in [3.8, 4) is 11.5 Å². The van der Waals surface area contributed by atoms with Gasteiger partial charge in [-0.25, -0.2) is 4.79 Å². The Morgan fingerprint density at radius 1 is 0.684 bits per heavy atom. The van der Waals surface area contributed by atoms with Crippen molar-refractivity contribution >= 4 is 5.97 Å². The topological polar surface area (TPSA) is 44.8 Å². The van der Waals surface area contributed by atoms with E-state index in [4.69, 9.17) is 14.2 Å². The molecule has 0 spiro atoms. The zero-order valence-corrected chi connectivity index (χ0v) is 22.9.